The number of fused-ring (bicyclic) bond motifs is 3. The molecule has 50 heavy (non-hydrogen) atoms. The molecule has 0 aliphatic heterocycles. The maximum absolute atomic E-state index is 15.1. The smallest absolute Gasteiger partial charge is 0.147 e. The topological polar surface area (TPSA) is 21.1 Å². The van der Waals surface area contributed by atoms with Gasteiger partial charge in [0.1, 0.15) is 11.6 Å². The Morgan fingerprint density at radius 3 is 2.28 bits per heavy atom. The first kappa shape index (κ1) is 28.7. The van der Waals surface area contributed by atoms with E-state index < -0.39 is 0 Å². The lowest BCUT2D eigenvalue weighted by Crippen LogP contribution is -2.12. The van der Waals surface area contributed by atoms with Crippen molar-refractivity contribution in [1.29, 1.82) is 0 Å². The first-order valence-corrected chi connectivity index (χ1v) is 17.5. The maximum atomic E-state index is 15.1. The highest BCUT2D eigenvalue weighted by atomic mass is 32.1. The van der Waals surface area contributed by atoms with E-state index >= 15 is 4.39 Å². The van der Waals surface area contributed by atoms with Crippen LogP contribution in [0.25, 0.3) is 70.6 Å². The monoisotopic (exact) mass is 661 g/mol. The molecule has 5 heteroatoms. The molecule has 7 aromatic carbocycles. The normalized spacial score (nSPS) is 12.0. The molecule has 0 aliphatic rings. The Balaban J connectivity index is 1.05. The van der Waals surface area contributed by atoms with Crippen LogP contribution in [0.3, 0.4) is 0 Å². The van der Waals surface area contributed by atoms with Gasteiger partial charge >= 0.3 is 0 Å². The first-order valence-electron chi connectivity index (χ1n) is 16.6. The molecule has 3 aromatic heterocycles. The van der Waals surface area contributed by atoms with Crippen molar-refractivity contribution >= 4 is 93.4 Å². The second-order valence-electron chi connectivity index (χ2n) is 12.6. The summed E-state index contributed by atoms with van der Waals surface area (Å²) in [6.07, 6.45) is 6.16. The van der Waals surface area contributed by atoms with Crippen molar-refractivity contribution in [3.63, 3.8) is 0 Å². The molecule has 3 nitrogen and oxygen atoms in total. The lowest BCUT2D eigenvalue weighted by molar-refractivity contribution is 0.628. The van der Waals surface area contributed by atoms with Gasteiger partial charge in [-0.25, -0.2) is 9.37 Å². The van der Waals surface area contributed by atoms with Gasteiger partial charge in [-0.2, -0.15) is 0 Å². The van der Waals surface area contributed by atoms with E-state index in [-0.39, 0.29) is 5.82 Å². The van der Waals surface area contributed by atoms with Gasteiger partial charge in [-0.05, 0) is 101 Å². The van der Waals surface area contributed by atoms with Crippen LogP contribution >= 0.6 is 11.3 Å². The Bertz CT molecular complexity index is 2890. The Kier molecular flexibility index (Phi) is 6.54. The minimum atomic E-state index is -0.296. The van der Waals surface area contributed by atoms with Crippen molar-refractivity contribution in [2.75, 3.05) is 4.90 Å². The number of pyridine rings is 1. The van der Waals surface area contributed by atoms with E-state index in [0.29, 0.717) is 11.5 Å². The SMILES string of the molecule is Fc1ccccc1N(c1ccc2sc3cc(/C=C/c4cc5ccc6cccc7c6c5c(c4)n7-c4ccccc4)ccc3c2c1)c1ccccn1. The summed E-state index contributed by atoms with van der Waals surface area (Å²) in [5.41, 5.74) is 7.22. The first-order chi connectivity index (χ1) is 24.7. The maximum Gasteiger partial charge on any atom is 0.147 e. The number of hydrogen-bond donors (Lipinski definition) is 0. The standard InChI is InChI=1S/C45H28FN3S/c46-37-12-4-5-13-38(37)49(43-15-6-7-24-47-43)34-21-23-41-36(28-34)35-22-18-29(27-42(35)50-41)16-17-30-25-32-20-19-31-9-8-14-39-44(31)45(32)40(26-30)48(39)33-10-2-1-3-11-33/h1-28H/b17-16+. The van der Waals surface area contributed by atoms with Crippen LogP contribution in [-0.2, 0) is 0 Å². The van der Waals surface area contributed by atoms with Crippen LogP contribution in [0, 0.1) is 5.82 Å². The fourth-order valence-corrected chi connectivity index (χ4v) is 8.53. The number of para-hydroxylation sites is 2. The Hall–Kier alpha value is -6.30. The Morgan fingerprint density at radius 2 is 1.40 bits per heavy atom. The molecule has 0 spiro atoms. The van der Waals surface area contributed by atoms with Crippen molar-refractivity contribution in [3.8, 4) is 5.69 Å². The molecular formula is C45H28FN3S. The van der Waals surface area contributed by atoms with Gasteiger partial charge in [0.05, 0.1) is 16.7 Å². The molecule has 0 bridgehead atoms. The third kappa shape index (κ3) is 4.59. The van der Waals surface area contributed by atoms with E-state index in [1.807, 2.05) is 35.2 Å². The number of halogens is 1. The molecular weight excluding hydrogens is 634 g/mol. The van der Waals surface area contributed by atoms with E-state index in [1.165, 1.54) is 53.4 Å². The van der Waals surface area contributed by atoms with Crippen LogP contribution in [-0.4, -0.2) is 9.55 Å². The lowest BCUT2D eigenvalue weighted by atomic mass is 10.00. The molecule has 0 fully saturated rings. The van der Waals surface area contributed by atoms with Gasteiger partial charge in [-0.15, -0.1) is 11.3 Å². The molecule has 0 unspecified atom stereocenters. The number of nitrogens with zero attached hydrogens (tertiary/aromatic N) is 3. The van der Waals surface area contributed by atoms with Gasteiger partial charge in [-0.1, -0.05) is 84.9 Å². The van der Waals surface area contributed by atoms with Crippen LogP contribution in [0.2, 0.25) is 0 Å². The summed E-state index contributed by atoms with van der Waals surface area (Å²) in [7, 11) is 0. The molecule has 0 saturated carbocycles. The molecule has 0 aliphatic carbocycles. The van der Waals surface area contributed by atoms with Crippen molar-refractivity contribution in [3.05, 3.63) is 175 Å². The number of aromatic nitrogens is 2. The summed E-state index contributed by atoms with van der Waals surface area (Å²) >= 11 is 1.77. The van der Waals surface area contributed by atoms with E-state index in [2.05, 4.69) is 125 Å². The fourth-order valence-electron chi connectivity index (χ4n) is 7.40. The van der Waals surface area contributed by atoms with Crippen molar-refractivity contribution < 1.29 is 4.39 Å². The van der Waals surface area contributed by atoms with Gasteiger partial charge in [0.25, 0.3) is 0 Å². The van der Waals surface area contributed by atoms with Crippen LogP contribution in [0.5, 0.6) is 0 Å². The average Bonchev–Trinajstić information content (AvgIpc) is 3.70. The highest BCUT2D eigenvalue weighted by Gasteiger charge is 2.19. The average molecular weight is 662 g/mol. The van der Waals surface area contributed by atoms with Crippen molar-refractivity contribution in [2.45, 2.75) is 0 Å². The van der Waals surface area contributed by atoms with Gasteiger partial charge in [0.15, 0.2) is 0 Å². The second kappa shape index (κ2) is 11.4. The molecule has 3 heterocycles. The second-order valence-corrected chi connectivity index (χ2v) is 13.7. The predicted molar refractivity (Wildman–Crippen MR) is 210 cm³/mol. The molecule has 10 aromatic rings. The third-order valence-corrected chi connectivity index (χ3v) is 10.7. The summed E-state index contributed by atoms with van der Waals surface area (Å²) in [5, 5.41) is 7.44. The predicted octanol–water partition coefficient (Wildman–Crippen LogP) is 12.9. The van der Waals surface area contributed by atoms with E-state index in [9.17, 15) is 0 Å². The quantitative estimate of drug-likeness (QED) is 0.131. The van der Waals surface area contributed by atoms with E-state index in [1.54, 1.807) is 29.7 Å². The molecule has 0 N–H and O–H groups in total. The van der Waals surface area contributed by atoms with Crippen LogP contribution in [0.15, 0.2) is 158 Å². The molecule has 236 valence electrons. The van der Waals surface area contributed by atoms with E-state index in [0.717, 1.165) is 27.9 Å². The third-order valence-electron chi connectivity index (χ3n) is 9.61. The molecule has 0 radical (unpaired) electrons. The zero-order valence-corrected chi connectivity index (χ0v) is 27.6. The van der Waals surface area contributed by atoms with Gasteiger partial charge in [-0.3, -0.25) is 4.90 Å². The summed E-state index contributed by atoms with van der Waals surface area (Å²) in [6, 6.07) is 51.8. The van der Waals surface area contributed by atoms with E-state index in [4.69, 9.17) is 0 Å². The molecule has 10 rings (SSSR count). The van der Waals surface area contributed by atoms with Gasteiger partial charge < -0.3 is 4.57 Å². The summed E-state index contributed by atoms with van der Waals surface area (Å²) < 4.78 is 19.9. The minimum Gasteiger partial charge on any atom is -0.309 e. The largest absolute Gasteiger partial charge is 0.309 e. The summed E-state index contributed by atoms with van der Waals surface area (Å²) in [4.78, 5) is 6.45. The summed E-state index contributed by atoms with van der Waals surface area (Å²) in [5.74, 6) is 0.368. The van der Waals surface area contributed by atoms with Gasteiger partial charge in [0.2, 0.25) is 0 Å². The minimum absolute atomic E-state index is 0.296. The lowest BCUT2D eigenvalue weighted by Gasteiger charge is -2.24. The highest BCUT2D eigenvalue weighted by Crippen LogP contribution is 2.42. The van der Waals surface area contributed by atoms with Crippen molar-refractivity contribution in [1.82, 2.24) is 9.55 Å². The van der Waals surface area contributed by atoms with Gasteiger partial charge in [0, 0.05) is 48.5 Å². The van der Waals surface area contributed by atoms with Crippen LogP contribution in [0.1, 0.15) is 11.1 Å². The molecule has 0 amide bonds. The Labute approximate surface area is 291 Å². The molecule has 0 saturated heterocycles. The molecule has 0 atom stereocenters. The highest BCUT2D eigenvalue weighted by molar-refractivity contribution is 7.25. The fraction of sp³-hybridized carbons (Fsp3) is 0. The summed E-state index contributed by atoms with van der Waals surface area (Å²) in [6.45, 7) is 0. The number of hydrogen-bond acceptors (Lipinski definition) is 3. The zero-order valence-electron chi connectivity index (χ0n) is 26.8. The number of thiophene rings is 1. The zero-order chi connectivity index (χ0) is 33.2. The van der Waals surface area contributed by atoms with Crippen LogP contribution in [0.4, 0.5) is 21.6 Å². The number of anilines is 3. The number of benzene rings is 7. The Morgan fingerprint density at radius 1 is 0.580 bits per heavy atom. The van der Waals surface area contributed by atoms with Crippen molar-refractivity contribution in [2.24, 2.45) is 0 Å². The number of rotatable bonds is 6. The van der Waals surface area contributed by atoms with Crippen LogP contribution < -0.4 is 4.90 Å².